The summed E-state index contributed by atoms with van der Waals surface area (Å²) in [6.45, 7) is 5.13. The van der Waals surface area contributed by atoms with Crippen molar-refractivity contribution in [3.63, 3.8) is 0 Å². The van der Waals surface area contributed by atoms with Crippen LogP contribution in [0.2, 0.25) is 0 Å². The Morgan fingerprint density at radius 2 is 1.95 bits per heavy atom. The molecule has 0 aromatic heterocycles. The van der Waals surface area contributed by atoms with Crippen LogP contribution in [0.3, 0.4) is 0 Å². The highest BCUT2D eigenvalue weighted by molar-refractivity contribution is 7.86. The Balaban J connectivity index is 2.12. The van der Waals surface area contributed by atoms with E-state index < -0.39 is 11.0 Å². The van der Waals surface area contributed by atoms with Crippen molar-refractivity contribution in [3.8, 4) is 0 Å². The Kier molecular flexibility index (Phi) is 7.01. The third-order valence-corrected chi connectivity index (χ3v) is 5.51. The minimum Gasteiger partial charge on any atom is -0.379 e. The molecule has 2 fully saturated rings. The fourth-order valence-corrected chi connectivity index (χ4v) is 4.04. The molecule has 1 saturated carbocycles. The molecule has 1 aliphatic heterocycles. The average molecular weight is 297 g/mol. The molecule has 4 heteroatoms. The summed E-state index contributed by atoms with van der Waals surface area (Å²) in [5.74, 6) is 0. The summed E-state index contributed by atoms with van der Waals surface area (Å²) in [6.07, 6.45) is 9.34. The van der Waals surface area contributed by atoms with E-state index in [1.54, 1.807) is 0 Å². The molecule has 2 rings (SSSR count). The van der Waals surface area contributed by atoms with Gasteiger partial charge in [-0.2, -0.15) is 0 Å². The molecule has 0 N–H and O–H groups in total. The first-order valence-electron chi connectivity index (χ1n) is 8.03. The van der Waals surface area contributed by atoms with Crippen LogP contribution >= 0.6 is 0 Å². The van der Waals surface area contributed by atoms with E-state index in [1.165, 1.54) is 24.8 Å². The molecule has 0 bridgehead atoms. The lowest BCUT2D eigenvalue weighted by atomic mass is 9.95. The molecular formula is C16H27NO2S. The Hall–Kier alpha value is -0.410. The van der Waals surface area contributed by atoms with Crippen LogP contribution in [0.1, 0.15) is 58.3 Å². The molecule has 1 atom stereocenters. The first-order valence-corrected chi connectivity index (χ1v) is 9.14. The summed E-state index contributed by atoms with van der Waals surface area (Å²) in [7, 11) is -1.01. The third-order valence-electron chi connectivity index (χ3n) is 3.95. The van der Waals surface area contributed by atoms with Gasteiger partial charge in [0.15, 0.2) is 0 Å². The summed E-state index contributed by atoms with van der Waals surface area (Å²) in [6, 6.07) is 0. The van der Waals surface area contributed by atoms with Crippen molar-refractivity contribution in [1.29, 1.82) is 0 Å². The number of rotatable bonds is 5. The molecule has 0 aromatic rings. The van der Waals surface area contributed by atoms with Gasteiger partial charge in [-0.15, -0.1) is 5.73 Å². The molecule has 0 spiro atoms. The van der Waals surface area contributed by atoms with Crippen molar-refractivity contribution in [1.82, 2.24) is 4.31 Å². The van der Waals surface area contributed by atoms with Crippen molar-refractivity contribution in [3.05, 3.63) is 16.2 Å². The first-order chi connectivity index (χ1) is 9.81. The van der Waals surface area contributed by atoms with Gasteiger partial charge >= 0.3 is 0 Å². The van der Waals surface area contributed by atoms with Crippen LogP contribution < -0.4 is 0 Å². The summed E-state index contributed by atoms with van der Waals surface area (Å²) in [5.41, 5.74) is 4.93. The van der Waals surface area contributed by atoms with Crippen molar-refractivity contribution < 1.29 is 8.95 Å². The molecule has 3 nitrogen and oxygen atoms in total. The van der Waals surface area contributed by atoms with Crippen LogP contribution in [0.4, 0.5) is 0 Å². The summed E-state index contributed by atoms with van der Waals surface area (Å²) >= 11 is 0. The quantitative estimate of drug-likeness (QED) is 0.726. The van der Waals surface area contributed by atoms with E-state index in [-0.39, 0.29) is 0 Å². The van der Waals surface area contributed by atoms with Crippen molar-refractivity contribution in [2.45, 2.75) is 58.3 Å². The summed E-state index contributed by atoms with van der Waals surface area (Å²) < 4.78 is 20.1. The standard InChI is InChI=1S/C16H27NO2S/c1-2-3-9-16(14-15-7-5-4-6-8-15)20(18)17-10-12-19-13-11-17/h2-13H2,1H3. The van der Waals surface area contributed by atoms with E-state index in [1.807, 2.05) is 4.31 Å². The Labute approximate surface area is 125 Å². The summed E-state index contributed by atoms with van der Waals surface area (Å²) in [5, 5.41) is 0. The van der Waals surface area contributed by atoms with E-state index >= 15 is 0 Å². The van der Waals surface area contributed by atoms with Gasteiger partial charge < -0.3 is 4.74 Å². The summed E-state index contributed by atoms with van der Waals surface area (Å²) in [4.78, 5) is 1.02. The van der Waals surface area contributed by atoms with E-state index in [2.05, 4.69) is 12.7 Å². The second-order valence-electron chi connectivity index (χ2n) is 5.61. The zero-order chi connectivity index (χ0) is 14.2. The number of unbranched alkanes of at least 4 members (excludes halogenated alkanes) is 1. The van der Waals surface area contributed by atoms with Gasteiger partial charge in [-0.05, 0) is 44.1 Å². The van der Waals surface area contributed by atoms with Crippen LogP contribution in [0.25, 0.3) is 0 Å². The van der Waals surface area contributed by atoms with E-state index in [9.17, 15) is 4.21 Å². The van der Waals surface area contributed by atoms with Gasteiger partial charge in [0.1, 0.15) is 11.0 Å². The van der Waals surface area contributed by atoms with E-state index in [4.69, 9.17) is 4.74 Å². The maximum Gasteiger partial charge on any atom is 0.131 e. The number of morpholine rings is 1. The second-order valence-corrected chi connectivity index (χ2v) is 7.11. The van der Waals surface area contributed by atoms with Gasteiger partial charge in [0, 0.05) is 13.1 Å². The fraction of sp³-hybridized carbons (Fsp3) is 0.812. The lowest BCUT2D eigenvalue weighted by Crippen LogP contribution is -2.37. The van der Waals surface area contributed by atoms with Crippen LogP contribution in [-0.2, 0) is 15.7 Å². The topological polar surface area (TPSA) is 29.5 Å². The third kappa shape index (κ3) is 4.85. The number of allylic oxidation sites excluding steroid dienone is 1. The van der Waals surface area contributed by atoms with Gasteiger partial charge in [-0.1, -0.05) is 19.8 Å². The predicted octanol–water partition coefficient (Wildman–Crippen LogP) is 3.55. The Morgan fingerprint density at radius 3 is 2.60 bits per heavy atom. The lowest BCUT2D eigenvalue weighted by molar-refractivity contribution is 0.0754. The van der Waals surface area contributed by atoms with Crippen molar-refractivity contribution in [2.24, 2.45) is 0 Å². The highest BCUT2D eigenvalue weighted by Crippen LogP contribution is 2.24. The van der Waals surface area contributed by atoms with Gasteiger partial charge in [0.2, 0.25) is 0 Å². The maximum absolute atomic E-state index is 12.7. The van der Waals surface area contributed by atoms with Crippen molar-refractivity contribution in [2.75, 3.05) is 26.3 Å². The SMILES string of the molecule is CCCCC(=C=C1CCCCC1)S(=O)N1CCOCC1. The van der Waals surface area contributed by atoms with Crippen LogP contribution in [0.5, 0.6) is 0 Å². The minimum absolute atomic E-state index is 0.698. The van der Waals surface area contributed by atoms with E-state index in [0.717, 1.165) is 50.1 Å². The first kappa shape index (κ1) is 16.0. The number of ether oxygens (including phenoxy) is 1. The Bertz CT molecular complexity index is 385. The fourth-order valence-electron chi connectivity index (χ4n) is 2.70. The molecule has 0 radical (unpaired) electrons. The molecule has 0 aromatic carbocycles. The molecule has 1 heterocycles. The van der Waals surface area contributed by atoms with Crippen LogP contribution in [0.15, 0.2) is 16.2 Å². The Morgan fingerprint density at radius 1 is 1.25 bits per heavy atom. The molecule has 2 aliphatic rings. The lowest BCUT2D eigenvalue weighted by Gasteiger charge is -2.26. The molecule has 20 heavy (non-hydrogen) atoms. The normalized spacial score (nSPS) is 22.4. The zero-order valence-corrected chi connectivity index (χ0v) is 13.5. The van der Waals surface area contributed by atoms with Gasteiger partial charge in [0.05, 0.1) is 18.1 Å². The van der Waals surface area contributed by atoms with Crippen LogP contribution in [-0.4, -0.2) is 34.8 Å². The number of hydrogen-bond acceptors (Lipinski definition) is 2. The molecule has 114 valence electrons. The van der Waals surface area contributed by atoms with Crippen molar-refractivity contribution >= 4 is 11.0 Å². The number of nitrogens with zero attached hydrogens (tertiary/aromatic N) is 1. The smallest absolute Gasteiger partial charge is 0.131 e. The van der Waals surface area contributed by atoms with Crippen LogP contribution in [0, 0.1) is 0 Å². The second kappa shape index (κ2) is 8.78. The highest BCUT2D eigenvalue weighted by atomic mass is 32.2. The average Bonchev–Trinajstić information content (AvgIpc) is 2.52. The van der Waals surface area contributed by atoms with Gasteiger partial charge in [-0.25, -0.2) is 8.51 Å². The largest absolute Gasteiger partial charge is 0.379 e. The number of hydrogen-bond donors (Lipinski definition) is 0. The highest BCUT2D eigenvalue weighted by Gasteiger charge is 2.20. The van der Waals surface area contributed by atoms with Gasteiger partial charge in [0.25, 0.3) is 0 Å². The molecule has 0 amide bonds. The predicted molar refractivity (Wildman–Crippen MR) is 83.7 cm³/mol. The zero-order valence-electron chi connectivity index (χ0n) is 12.7. The molecule has 1 unspecified atom stereocenters. The van der Waals surface area contributed by atoms with E-state index in [0.29, 0.717) is 13.2 Å². The molecule has 1 saturated heterocycles. The molecular weight excluding hydrogens is 270 g/mol. The monoisotopic (exact) mass is 297 g/mol. The maximum atomic E-state index is 12.7. The molecule has 1 aliphatic carbocycles. The minimum atomic E-state index is -1.01. The van der Waals surface area contributed by atoms with Gasteiger partial charge in [-0.3, -0.25) is 0 Å².